The molecule has 0 atom stereocenters. The molecule has 4 rings (SSSR count). The molecule has 0 aromatic carbocycles. The molecule has 2 aromatic rings. The number of halogens is 3. The maximum Gasteiger partial charge on any atom is 0.151 e. The minimum absolute atomic E-state index is 0.0383. The van der Waals surface area contributed by atoms with Crippen LogP contribution in [0.4, 0.5) is 20.3 Å². The van der Waals surface area contributed by atoms with Crippen molar-refractivity contribution in [3.05, 3.63) is 93.4 Å². The zero-order valence-electron chi connectivity index (χ0n) is 20.0. The Bertz CT molecular complexity index is 1260. The molecule has 9 heteroatoms. The molecule has 2 aliphatic rings. The van der Waals surface area contributed by atoms with Gasteiger partial charge in [0.25, 0.3) is 0 Å². The highest BCUT2D eigenvalue weighted by Crippen LogP contribution is 2.34. The first kappa shape index (κ1) is 25.1. The van der Waals surface area contributed by atoms with Crippen molar-refractivity contribution in [1.29, 1.82) is 0 Å². The molecule has 0 fully saturated rings. The lowest BCUT2D eigenvalue weighted by atomic mass is 9.96. The Kier molecular flexibility index (Phi) is 7.10. The zero-order valence-corrected chi connectivity index (χ0v) is 21.6. The molecule has 0 amide bonds. The lowest BCUT2D eigenvalue weighted by Gasteiger charge is -2.33. The van der Waals surface area contributed by atoms with Gasteiger partial charge in [-0.1, -0.05) is 6.08 Å². The van der Waals surface area contributed by atoms with Gasteiger partial charge < -0.3 is 19.6 Å². The van der Waals surface area contributed by atoms with Gasteiger partial charge in [-0.05, 0) is 60.8 Å². The van der Waals surface area contributed by atoms with Gasteiger partial charge in [0.15, 0.2) is 5.82 Å². The predicted molar refractivity (Wildman–Crippen MR) is 136 cm³/mol. The fraction of sp³-hybridized carbons (Fsp3) is 0.308. The van der Waals surface area contributed by atoms with Gasteiger partial charge in [-0.3, -0.25) is 4.98 Å². The second kappa shape index (κ2) is 9.91. The third-order valence-corrected chi connectivity index (χ3v) is 6.56. The lowest BCUT2D eigenvalue weighted by molar-refractivity contribution is 0.118. The topological polar surface area (TPSA) is 61.7 Å². The van der Waals surface area contributed by atoms with E-state index in [0.717, 1.165) is 45.1 Å². The molecule has 0 bridgehead atoms. The smallest absolute Gasteiger partial charge is 0.151 e. The molecule has 0 saturated carbocycles. The molecule has 0 spiro atoms. The van der Waals surface area contributed by atoms with Gasteiger partial charge in [0.2, 0.25) is 0 Å². The van der Waals surface area contributed by atoms with Crippen molar-refractivity contribution in [1.82, 2.24) is 9.97 Å². The van der Waals surface area contributed by atoms with Gasteiger partial charge in [0.1, 0.15) is 29.7 Å². The van der Waals surface area contributed by atoms with Gasteiger partial charge in [0.05, 0.1) is 22.8 Å². The van der Waals surface area contributed by atoms with Crippen molar-refractivity contribution in [3.63, 3.8) is 0 Å². The van der Waals surface area contributed by atoms with Crippen LogP contribution in [0.1, 0.15) is 32.0 Å². The van der Waals surface area contributed by atoms with Crippen LogP contribution in [0, 0.1) is 18.6 Å². The summed E-state index contributed by atoms with van der Waals surface area (Å²) in [5, 5.41) is 10.4. The number of pyridine rings is 2. The quantitative estimate of drug-likeness (QED) is 0.507. The van der Waals surface area contributed by atoms with E-state index in [1.54, 1.807) is 13.8 Å². The Balaban J connectivity index is 1.52. The van der Waals surface area contributed by atoms with Crippen LogP contribution in [0.2, 0.25) is 0 Å². The van der Waals surface area contributed by atoms with Crippen LogP contribution in [0.15, 0.2) is 70.5 Å². The average molecular weight is 545 g/mol. The Morgan fingerprint density at radius 2 is 1.91 bits per heavy atom. The molecular weight excluding hydrogens is 518 g/mol. The fourth-order valence-corrected chi connectivity index (χ4v) is 4.31. The van der Waals surface area contributed by atoms with Crippen molar-refractivity contribution >= 4 is 27.4 Å². The first-order valence-corrected chi connectivity index (χ1v) is 11.9. The number of anilines is 2. The number of aliphatic hydroxyl groups is 1. The van der Waals surface area contributed by atoms with Crippen LogP contribution in [0.5, 0.6) is 0 Å². The van der Waals surface area contributed by atoms with E-state index in [1.165, 1.54) is 0 Å². The van der Waals surface area contributed by atoms with E-state index in [1.807, 2.05) is 55.4 Å². The minimum Gasteiger partial charge on any atom is -0.486 e. The summed E-state index contributed by atoms with van der Waals surface area (Å²) in [6.07, 6.45) is 10.5. The summed E-state index contributed by atoms with van der Waals surface area (Å²) in [5.41, 5.74) is 2.94. The molecule has 0 aliphatic carbocycles. The van der Waals surface area contributed by atoms with Crippen LogP contribution < -0.4 is 9.80 Å². The van der Waals surface area contributed by atoms with E-state index >= 15 is 0 Å². The number of aromatic nitrogens is 2. The summed E-state index contributed by atoms with van der Waals surface area (Å²) in [5.74, 6) is -0.135. The predicted octanol–water partition coefficient (Wildman–Crippen LogP) is 5.64. The van der Waals surface area contributed by atoms with Crippen LogP contribution in [0.25, 0.3) is 0 Å². The normalized spacial score (nSPS) is 16.5. The summed E-state index contributed by atoms with van der Waals surface area (Å²) in [7, 11) is 0. The van der Waals surface area contributed by atoms with Crippen molar-refractivity contribution in [2.24, 2.45) is 0 Å². The Morgan fingerprint density at radius 3 is 2.63 bits per heavy atom. The number of hydrogen-bond donors (Lipinski definition) is 1. The highest BCUT2D eigenvalue weighted by Gasteiger charge is 2.25. The third kappa shape index (κ3) is 5.62. The van der Waals surface area contributed by atoms with E-state index in [-0.39, 0.29) is 12.3 Å². The van der Waals surface area contributed by atoms with Crippen molar-refractivity contribution in [2.75, 3.05) is 22.9 Å². The van der Waals surface area contributed by atoms with E-state index in [4.69, 9.17) is 4.74 Å². The molecule has 35 heavy (non-hydrogen) atoms. The standard InChI is InChI=1S/C26H27BrF2N4O2/c1-16-11-31-25(32-7-5-6-18(13-32)26(3,4)34)10-23(16)33-14-20(27)24(8-17(33)2)35-15-22-21(29)9-19(28)12-30-22/h5-12,34H,13-15H2,1-4H3. The van der Waals surface area contributed by atoms with Crippen LogP contribution in [-0.2, 0) is 11.3 Å². The van der Waals surface area contributed by atoms with E-state index in [0.29, 0.717) is 18.8 Å². The number of aryl methyl sites for hydroxylation is 1. The number of allylic oxidation sites excluding steroid dienone is 4. The third-order valence-electron chi connectivity index (χ3n) is 5.91. The SMILES string of the molecule is CC1=CC(OCc2ncc(F)cc2F)=C(Br)CN1c1cc(N2C=CC=C(C(C)(C)O)C2)ncc1C. The highest BCUT2D eigenvalue weighted by atomic mass is 79.9. The fourth-order valence-electron chi connectivity index (χ4n) is 3.83. The largest absolute Gasteiger partial charge is 0.486 e. The van der Waals surface area contributed by atoms with E-state index in [9.17, 15) is 13.9 Å². The molecule has 2 aromatic heterocycles. The molecule has 4 heterocycles. The second-order valence-corrected chi connectivity index (χ2v) is 10.0. The van der Waals surface area contributed by atoms with Crippen LogP contribution in [-0.4, -0.2) is 33.8 Å². The summed E-state index contributed by atoms with van der Waals surface area (Å²) < 4.78 is 33.6. The molecule has 1 N–H and O–H groups in total. The van der Waals surface area contributed by atoms with Crippen LogP contribution >= 0.6 is 15.9 Å². The number of nitrogens with zero attached hydrogens (tertiary/aromatic N) is 4. The second-order valence-electron chi connectivity index (χ2n) is 9.06. The van der Waals surface area contributed by atoms with Crippen molar-refractivity contribution < 1.29 is 18.6 Å². The monoisotopic (exact) mass is 544 g/mol. The molecule has 0 radical (unpaired) electrons. The van der Waals surface area contributed by atoms with E-state index < -0.39 is 17.2 Å². The number of rotatable bonds is 6. The van der Waals surface area contributed by atoms with Gasteiger partial charge >= 0.3 is 0 Å². The highest BCUT2D eigenvalue weighted by molar-refractivity contribution is 9.11. The summed E-state index contributed by atoms with van der Waals surface area (Å²) in [6, 6.07) is 2.81. The Hall–Kier alpha value is -3.04. The summed E-state index contributed by atoms with van der Waals surface area (Å²) in [6.45, 7) is 8.45. The van der Waals surface area contributed by atoms with Gasteiger partial charge in [-0.15, -0.1) is 0 Å². The molecule has 0 saturated heterocycles. The van der Waals surface area contributed by atoms with Crippen molar-refractivity contribution in [3.8, 4) is 0 Å². The number of hydrogen-bond acceptors (Lipinski definition) is 6. The summed E-state index contributed by atoms with van der Waals surface area (Å²) >= 11 is 3.59. The van der Waals surface area contributed by atoms with Crippen molar-refractivity contribution in [2.45, 2.75) is 39.9 Å². The molecule has 2 aliphatic heterocycles. The average Bonchev–Trinajstić information content (AvgIpc) is 2.80. The van der Waals surface area contributed by atoms with Gasteiger partial charge in [0, 0.05) is 48.5 Å². The maximum atomic E-state index is 13.9. The van der Waals surface area contributed by atoms with E-state index in [2.05, 4.69) is 30.8 Å². The first-order chi connectivity index (χ1) is 16.5. The first-order valence-electron chi connectivity index (χ1n) is 11.1. The summed E-state index contributed by atoms with van der Waals surface area (Å²) in [4.78, 5) is 12.5. The maximum absolute atomic E-state index is 13.9. The zero-order chi connectivity index (χ0) is 25.3. The molecule has 184 valence electrons. The Morgan fingerprint density at radius 1 is 1.14 bits per heavy atom. The number of ether oxygens (including phenoxy) is 1. The molecule has 6 nitrogen and oxygen atoms in total. The molecule has 0 unspecified atom stereocenters. The Labute approximate surface area is 212 Å². The minimum atomic E-state index is -0.916. The van der Waals surface area contributed by atoms with Crippen LogP contribution in [0.3, 0.4) is 0 Å². The van der Waals surface area contributed by atoms with Gasteiger partial charge in [-0.25, -0.2) is 13.8 Å². The van der Waals surface area contributed by atoms with Gasteiger partial charge in [-0.2, -0.15) is 0 Å². The molecular formula is C26H27BrF2N4O2. The lowest BCUT2D eigenvalue weighted by Crippen LogP contribution is -2.33.